The normalized spacial score (nSPS) is 11.0. The summed E-state index contributed by atoms with van der Waals surface area (Å²) >= 11 is 0. The third-order valence-electron chi connectivity index (χ3n) is 3.01. The lowest BCUT2D eigenvalue weighted by atomic mass is 9.98. The van der Waals surface area contributed by atoms with Crippen LogP contribution in [0.15, 0.2) is 60.7 Å². The van der Waals surface area contributed by atoms with Crippen LogP contribution in [-0.2, 0) is 4.52 Å². The summed E-state index contributed by atoms with van der Waals surface area (Å²) < 4.78 is 11.3. The standard InChI is InChI=1S/C16H19O2P.2C2H6.CH4.H2S/c1-13(12-17-19)16(14-8-4-2-5-9-14)18-15-10-6-3-7-11-15;2*1-2;;/h2-11,13,16H,12,19H2,1H3;2*1-2H3;1H4;1H2/t13-,16-;;;;/m1..../s1. The van der Waals surface area contributed by atoms with Gasteiger partial charge in [0.2, 0.25) is 0 Å². The van der Waals surface area contributed by atoms with Crippen molar-refractivity contribution in [3.63, 3.8) is 0 Å². The molecule has 0 spiro atoms. The molecule has 0 saturated heterocycles. The van der Waals surface area contributed by atoms with Crippen LogP contribution in [0.4, 0.5) is 0 Å². The number of hydrogen-bond acceptors (Lipinski definition) is 2. The van der Waals surface area contributed by atoms with Crippen molar-refractivity contribution < 1.29 is 9.26 Å². The molecule has 144 valence electrons. The molecule has 2 nitrogen and oxygen atoms in total. The highest BCUT2D eigenvalue weighted by atomic mass is 32.1. The minimum absolute atomic E-state index is 0. The molecular weight excluding hydrogens is 347 g/mol. The predicted octanol–water partition coefficient (Wildman–Crippen LogP) is 7.05. The molecule has 3 atom stereocenters. The Balaban J connectivity index is -0.000000752. The highest BCUT2D eigenvalue weighted by molar-refractivity contribution is 7.59. The van der Waals surface area contributed by atoms with E-state index in [2.05, 4.69) is 28.5 Å². The molecule has 0 aliphatic carbocycles. The molecular formula is C21H37O2PS. The highest BCUT2D eigenvalue weighted by Crippen LogP contribution is 2.28. The van der Waals surface area contributed by atoms with Crippen LogP contribution in [0.5, 0.6) is 5.75 Å². The Kier molecular flexibility index (Phi) is 22.2. The molecule has 0 heterocycles. The van der Waals surface area contributed by atoms with E-state index in [0.29, 0.717) is 6.61 Å². The van der Waals surface area contributed by atoms with Gasteiger partial charge in [0.25, 0.3) is 0 Å². The van der Waals surface area contributed by atoms with E-state index in [0.717, 1.165) is 5.75 Å². The molecule has 25 heavy (non-hydrogen) atoms. The van der Waals surface area contributed by atoms with E-state index in [1.54, 1.807) is 0 Å². The number of ether oxygens (including phenoxy) is 1. The molecule has 0 saturated carbocycles. The SMILES string of the molecule is C.CC.CC.C[C@H](COP)[C@@H](Oc1ccccc1)c1ccccc1.S. The van der Waals surface area contributed by atoms with Gasteiger partial charge < -0.3 is 9.26 Å². The molecule has 2 aromatic rings. The van der Waals surface area contributed by atoms with Crippen LogP contribution >= 0.6 is 23.0 Å². The van der Waals surface area contributed by atoms with E-state index in [-0.39, 0.29) is 32.9 Å². The molecule has 0 aliphatic heterocycles. The lowest BCUT2D eigenvalue weighted by molar-refractivity contribution is 0.112. The minimum atomic E-state index is -0.0100. The first-order chi connectivity index (χ1) is 11.3. The molecule has 0 radical (unpaired) electrons. The third kappa shape index (κ3) is 11.3. The third-order valence-corrected chi connectivity index (χ3v) is 3.20. The topological polar surface area (TPSA) is 18.5 Å². The number of hydrogen-bond donors (Lipinski definition) is 0. The Hall–Kier alpha value is -1.02. The maximum absolute atomic E-state index is 6.13. The smallest absolute Gasteiger partial charge is 0.128 e. The second-order valence-electron chi connectivity index (χ2n) is 4.57. The van der Waals surface area contributed by atoms with E-state index in [9.17, 15) is 0 Å². The summed E-state index contributed by atoms with van der Waals surface area (Å²) in [6.07, 6.45) is -0.0100. The Bertz CT molecular complexity index is 480. The van der Waals surface area contributed by atoms with Crippen molar-refractivity contribution in [3.05, 3.63) is 66.2 Å². The van der Waals surface area contributed by atoms with Crippen molar-refractivity contribution >= 4 is 23.0 Å². The Morgan fingerprint density at radius 1 is 0.840 bits per heavy atom. The van der Waals surface area contributed by atoms with E-state index < -0.39 is 0 Å². The van der Waals surface area contributed by atoms with Crippen molar-refractivity contribution in [1.29, 1.82) is 0 Å². The van der Waals surface area contributed by atoms with Crippen LogP contribution < -0.4 is 4.74 Å². The predicted molar refractivity (Wildman–Crippen MR) is 121 cm³/mol. The van der Waals surface area contributed by atoms with Gasteiger partial charge in [-0.15, -0.1) is 0 Å². The van der Waals surface area contributed by atoms with Gasteiger partial charge in [0.1, 0.15) is 11.9 Å². The zero-order chi connectivity index (χ0) is 17.5. The van der Waals surface area contributed by atoms with E-state index >= 15 is 0 Å². The fourth-order valence-corrected chi connectivity index (χ4v) is 2.34. The molecule has 0 amide bonds. The molecule has 4 heteroatoms. The fraction of sp³-hybridized carbons (Fsp3) is 0.429. The molecule has 0 bridgehead atoms. The summed E-state index contributed by atoms with van der Waals surface area (Å²) in [6, 6.07) is 20.2. The molecule has 0 N–H and O–H groups in total. The molecule has 2 aromatic carbocycles. The van der Waals surface area contributed by atoms with Crippen LogP contribution in [0.3, 0.4) is 0 Å². The van der Waals surface area contributed by atoms with Crippen LogP contribution in [0.25, 0.3) is 0 Å². The van der Waals surface area contributed by atoms with E-state index in [4.69, 9.17) is 9.26 Å². The zero-order valence-electron chi connectivity index (χ0n) is 15.5. The number of para-hydroxylation sites is 1. The van der Waals surface area contributed by atoms with Crippen LogP contribution in [0.2, 0.25) is 0 Å². The van der Waals surface area contributed by atoms with Gasteiger partial charge in [0, 0.05) is 15.4 Å². The lowest BCUT2D eigenvalue weighted by Crippen LogP contribution is -2.19. The molecule has 0 fully saturated rings. The van der Waals surface area contributed by atoms with Crippen molar-refractivity contribution in [2.45, 2.75) is 48.1 Å². The summed E-state index contributed by atoms with van der Waals surface area (Å²) in [6.45, 7) is 10.8. The lowest BCUT2D eigenvalue weighted by Gasteiger charge is -2.25. The molecule has 0 aliphatic rings. The first kappa shape index (κ1) is 28.8. The van der Waals surface area contributed by atoms with Gasteiger partial charge in [-0.2, -0.15) is 13.5 Å². The maximum Gasteiger partial charge on any atom is 0.128 e. The summed E-state index contributed by atoms with van der Waals surface area (Å²) in [7, 11) is 2.30. The van der Waals surface area contributed by atoms with Crippen molar-refractivity contribution in [1.82, 2.24) is 0 Å². The van der Waals surface area contributed by atoms with Crippen LogP contribution in [0, 0.1) is 5.92 Å². The molecule has 0 aromatic heterocycles. The van der Waals surface area contributed by atoms with Gasteiger partial charge in [-0.3, -0.25) is 0 Å². The number of benzene rings is 2. The largest absolute Gasteiger partial charge is 0.485 e. The van der Waals surface area contributed by atoms with Crippen molar-refractivity contribution in [2.75, 3.05) is 6.61 Å². The van der Waals surface area contributed by atoms with Gasteiger partial charge in [-0.05, 0) is 17.7 Å². The average molecular weight is 385 g/mol. The van der Waals surface area contributed by atoms with E-state index in [1.807, 2.05) is 76.2 Å². The van der Waals surface area contributed by atoms with Crippen molar-refractivity contribution in [3.8, 4) is 5.75 Å². The molecule has 1 unspecified atom stereocenters. The number of rotatable bonds is 6. The second-order valence-corrected chi connectivity index (χ2v) is 4.91. The second kappa shape index (κ2) is 19.3. The Morgan fingerprint density at radius 3 is 1.72 bits per heavy atom. The quantitative estimate of drug-likeness (QED) is 0.497. The molecule has 2 rings (SSSR count). The zero-order valence-corrected chi connectivity index (χ0v) is 17.7. The van der Waals surface area contributed by atoms with Gasteiger partial charge in [-0.1, -0.05) is 90.6 Å². The average Bonchev–Trinajstić information content (AvgIpc) is 2.65. The summed E-state index contributed by atoms with van der Waals surface area (Å²) in [5.41, 5.74) is 1.17. The monoisotopic (exact) mass is 384 g/mol. The summed E-state index contributed by atoms with van der Waals surface area (Å²) in [4.78, 5) is 0. The fourth-order valence-electron chi connectivity index (χ4n) is 2.04. The van der Waals surface area contributed by atoms with Crippen LogP contribution in [0.1, 0.15) is 53.7 Å². The van der Waals surface area contributed by atoms with Gasteiger partial charge >= 0.3 is 0 Å². The Morgan fingerprint density at radius 2 is 1.28 bits per heavy atom. The Labute approximate surface area is 165 Å². The van der Waals surface area contributed by atoms with Gasteiger partial charge in [-0.25, -0.2) is 0 Å². The van der Waals surface area contributed by atoms with Crippen molar-refractivity contribution in [2.24, 2.45) is 5.92 Å². The maximum atomic E-state index is 6.13. The minimum Gasteiger partial charge on any atom is -0.485 e. The van der Waals surface area contributed by atoms with Gasteiger partial charge in [0.15, 0.2) is 0 Å². The summed E-state index contributed by atoms with van der Waals surface area (Å²) in [5, 5.41) is 0. The highest BCUT2D eigenvalue weighted by Gasteiger charge is 2.21. The van der Waals surface area contributed by atoms with E-state index in [1.165, 1.54) is 5.56 Å². The first-order valence-electron chi connectivity index (χ1n) is 8.39. The van der Waals surface area contributed by atoms with Crippen LogP contribution in [-0.4, -0.2) is 6.61 Å². The van der Waals surface area contributed by atoms with Gasteiger partial charge in [0.05, 0.1) is 6.61 Å². The summed E-state index contributed by atoms with van der Waals surface area (Å²) in [5.74, 6) is 1.15. The first-order valence-corrected chi connectivity index (χ1v) is 8.86.